The molecule has 8 heteroatoms. The first-order chi connectivity index (χ1) is 26.5. The average Bonchev–Trinajstić information content (AvgIpc) is 4.04. The number of hydrogen-bond acceptors (Lipinski definition) is 8. The molecule has 8 bridgehead atoms. The third-order valence-corrected chi connectivity index (χ3v) is 10.1. The molecule has 0 saturated heterocycles. The Hall–Kier alpha value is -5.44. The van der Waals surface area contributed by atoms with Crippen LogP contribution < -0.4 is 9.47 Å². The van der Waals surface area contributed by atoms with Crippen molar-refractivity contribution in [3.05, 3.63) is 143 Å². The fraction of sp³-hybridized carbons (Fsp3) is 0.304. The van der Waals surface area contributed by atoms with E-state index in [1.54, 1.807) is 0 Å². The molecule has 0 fully saturated rings. The van der Waals surface area contributed by atoms with Crippen LogP contribution in [0.15, 0.2) is 152 Å². The van der Waals surface area contributed by atoms with Gasteiger partial charge in [0.2, 0.25) is 0 Å². The van der Waals surface area contributed by atoms with Gasteiger partial charge in [-0.3, -0.25) is 0 Å². The van der Waals surface area contributed by atoms with Crippen LogP contribution in [-0.4, -0.2) is 85.1 Å². The first kappa shape index (κ1) is 36.9. The summed E-state index contributed by atoms with van der Waals surface area (Å²) in [5.41, 5.74) is 10.8. The van der Waals surface area contributed by atoms with Crippen molar-refractivity contribution in [3.8, 4) is 11.5 Å². The van der Waals surface area contributed by atoms with Crippen LogP contribution in [-0.2, 0) is 0 Å². The van der Waals surface area contributed by atoms with Crippen molar-refractivity contribution in [1.29, 1.82) is 0 Å². The van der Waals surface area contributed by atoms with E-state index in [2.05, 4.69) is 86.1 Å². The van der Waals surface area contributed by atoms with Gasteiger partial charge in [-0.1, -0.05) is 52.0 Å². The predicted octanol–water partition coefficient (Wildman–Crippen LogP) is 8.86. The van der Waals surface area contributed by atoms with Gasteiger partial charge in [0.05, 0.1) is 58.8 Å². The maximum atomic E-state index is 6.10. The molecule has 0 unspecified atom stereocenters. The highest BCUT2D eigenvalue weighted by Gasteiger charge is 2.22. The Bertz CT molecular complexity index is 1940. The first-order valence-corrected chi connectivity index (χ1v) is 19.4. The lowest BCUT2D eigenvalue weighted by Crippen LogP contribution is -2.25. The minimum absolute atomic E-state index is 0.687. The number of rotatable bonds is 16. The summed E-state index contributed by atoms with van der Waals surface area (Å²) in [5, 5.41) is 0. The molecule has 5 heterocycles. The van der Waals surface area contributed by atoms with Crippen LogP contribution in [0, 0.1) is 0 Å². The molecule has 2 aromatic carbocycles. The number of hydrogen-bond donors (Lipinski definition) is 0. The lowest BCUT2D eigenvalue weighted by Gasteiger charge is -2.17. The van der Waals surface area contributed by atoms with E-state index >= 15 is 0 Å². The van der Waals surface area contributed by atoms with E-state index in [1.807, 2.05) is 60.7 Å². The van der Waals surface area contributed by atoms with Gasteiger partial charge in [0, 0.05) is 24.2 Å². The van der Waals surface area contributed by atoms with E-state index in [1.165, 1.54) is 0 Å². The van der Waals surface area contributed by atoms with Crippen molar-refractivity contribution in [2.75, 3.05) is 52.5 Å². The second kappa shape index (κ2) is 17.6. The molecular formula is C46H50N6O2. The Morgan fingerprint density at radius 3 is 1.26 bits per heavy atom. The minimum Gasteiger partial charge on any atom is -0.494 e. The van der Waals surface area contributed by atoms with Gasteiger partial charge < -0.3 is 19.3 Å². The Labute approximate surface area is 320 Å². The van der Waals surface area contributed by atoms with E-state index in [-0.39, 0.29) is 0 Å². The van der Waals surface area contributed by atoms with E-state index in [0.29, 0.717) is 13.2 Å². The van der Waals surface area contributed by atoms with Crippen molar-refractivity contribution < 1.29 is 9.47 Å². The Morgan fingerprint density at radius 2 is 0.870 bits per heavy atom. The highest BCUT2D eigenvalue weighted by Crippen LogP contribution is 2.33. The summed E-state index contributed by atoms with van der Waals surface area (Å²) in [7, 11) is 0. The lowest BCUT2D eigenvalue weighted by atomic mass is 9.98. The molecule has 276 valence electrons. The third-order valence-electron chi connectivity index (χ3n) is 10.1. The van der Waals surface area contributed by atoms with Gasteiger partial charge in [0.1, 0.15) is 11.5 Å². The van der Waals surface area contributed by atoms with Gasteiger partial charge in [-0.25, -0.2) is 20.0 Å². The van der Waals surface area contributed by atoms with Gasteiger partial charge in [0.25, 0.3) is 0 Å². The minimum atomic E-state index is 0.687. The average molecular weight is 719 g/mol. The highest BCUT2D eigenvalue weighted by atomic mass is 16.5. The molecule has 7 rings (SSSR count). The molecule has 5 aliphatic rings. The number of nitrogens with zero attached hydrogens (tertiary/aromatic N) is 6. The van der Waals surface area contributed by atoms with Crippen molar-refractivity contribution in [2.24, 2.45) is 20.0 Å². The molecule has 0 spiro atoms. The van der Waals surface area contributed by atoms with Crippen LogP contribution in [0.3, 0.4) is 0 Å². The topological polar surface area (TPSA) is 74.4 Å². The van der Waals surface area contributed by atoms with E-state index < -0.39 is 0 Å². The molecule has 5 aliphatic heterocycles. The second-order valence-corrected chi connectivity index (χ2v) is 13.6. The quantitative estimate of drug-likeness (QED) is 0.163. The lowest BCUT2D eigenvalue weighted by molar-refractivity contribution is 0.249. The monoisotopic (exact) mass is 718 g/mol. The highest BCUT2D eigenvalue weighted by molar-refractivity contribution is 6.34. The summed E-state index contributed by atoms with van der Waals surface area (Å²) >= 11 is 0. The zero-order valence-corrected chi connectivity index (χ0v) is 32.0. The van der Waals surface area contributed by atoms with Crippen molar-refractivity contribution in [3.63, 3.8) is 0 Å². The van der Waals surface area contributed by atoms with Crippen LogP contribution in [0.1, 0.15) is 51.7 Å². The van der Waals surface area contributed by atoms with Crippen LogP contribution in [0.2, 0.25) is 0 Å². The molecular weight excluding hydrogens is 669 g/mol. The van der Waals surface area contributed by atoms with Gasteiger partial charge in [0.15, 0.2) is 0 Å². The van der Waals surface area contributed by atoms with Crippen LogP contribution in [0.5, 0.6) is 11.5 Å². The first-order valence-electron chi connectivity index (χ1n) is 19.4. The summed E-state index contributed by atoms with van der Waals surface area (Å²) in [6, 6.07) is 16.6. The maximum Gasteiger partial charge on any atom is 0.119 e. The smallest absolute Gasteiger partial charge is 0.119 e. The fourth-order valence-corrected chi connectivity index (χ4v) is 7.02. The summed E-state index contributed by atoms with van der Waals surface area (Å²) in [4.78, 5) is 25.1. The molecule has 0 aromatic heterocycles. The van der Waals surface area contributed by atoms with E-state index in [0.717, 1.165) is 132 Å². The normalized spacial score (nSPS) is 17.1. The molecule has 0 N–H and O–H groups in total. The number of benzene rings is 2. The third kappa shape index (κ3) is 8.84. The summed E-state index contributed by atoms with van der Waals surface area (Å²) in [5.74, 6) is 1.72. The molecule has 0 amide bonds. The van der Waals surface area contributed by atoms with Gasteiger partial charge in [-0.2, -0.15) is 0 Å². The molecule has 8 nitrogen and oxygen atoms in total. The number of allylic oxidation sites excluding steroid dienone is 12. The Balaban J connectivity index is 1.15. The standard InChI is InChI=1S/C46H50N6O2/c1-5-51(6-2)27-9-29-53-39-19-11-33(12-20-39)45-41-23-15-35(47-41)31-37-17-25-43(49-37)46(44-26-18-38(50-44)32-36-16-24-42(45)48-36)34-13-21-40(22-14-34)54-30-10-28-52(7-3)8-4/h11-26,31-32H,5-10,27-30H2,1-4H3. The predicted molar refractivity (Wildman–Crippen MR) is 225 cm³/mol. The number of ether oxygens (including phenoxy) is 2. The maximum absolute atomic E-state index is 6.10. The summed E-state index contributed by atoms with van der Waals surface area (Å²) < 4.78 is 12.2. The van der Waals surface area contributed by atoms with Crippen molar-refractivity contribution >= 4 is 34.0 Å². The molecule has 54 heavy (non-hydrogen) atoms. The summed E-state index contributed by atoms with van der Waals surface area (Å²) in [6.07, 6.45) is 22.5. The summed E-state index contributed by atoms with van der Waals surface area (Å²) in [6.45, 7) is 16.5. The van der Waals surface area contributed by atoms with Crippen molar-refractivity contribution in [2.45, 2.75) is 40.5 Å². The molecule has 0 saturated carbocycles. The largest absolute Gasteiger partial charge is 0.494 e. The number of aliphatic imine (C=N–C) groups is 4. The van der Waals surface area contributed by atoms with Crippen LogP contribution in [0.4, 0.5) is 0 Å². The molecule has 2 aromatic rings. The molecule has 0 atom stereocenters. The van der Waals surface area contributed by atoms with Gasteiger partial charge >= 0.3 is 0 Å². The number of fused-ring (bicyclic) bond motifs is 4. The van der Waals surface area contributed by atoms with Gasteiger partial charge in [-0.05, 0) is 135 Å². The van der Waals surface area contributed by atoms with Gasteiger partial charge in [-0.15, -0.1) is 0 Å². The fourth-order valence-electron chi connectivity index (χ4n) is 7.02. The van der Waals surface area contributed by atoms with Crippen molar-refractivity contribution in [1.82, 2.24) is 9.80 Å². The SMILES string of the molecule is CCN(CC)CCCOc1ccc(C2=C3C=CC(=N3)C=C3C=CC(=N3)C(c3ccc(OCCCN(CC)CC)cc3)=C3C=CC(=N3)C=C3C=CC2=N3)cc1. The van der Waals surface area contributed by atoms with E-state index in [9.17, 15) is 0 Å². The zero-order valence-electron chi connectivity index (χ0n) is 32.0. The second-order valence-electron chi connectivity index (χ2n) is 13.6. The Morgan fingerprint density at radius 1 is 0.463 bits per heavy atom. The molecule has 0 radical (unpaired) electrons. The van der Waals surface area contributed by atoms with Crippen LogP contribution >= 0.6 is 0 Å². The van der Waals surface area contributed by atoms with E-state index in [4.69, 9.17) is 29.4 Å². The Kier molecular flexibility index (Phi) is 12.0. The zero-order chi connectivity index (χ0) is 37.3. The molecule has 0 aliphatic carbocycles. The van der Waals surface area contributed by atoms with Crippen LogP contribution in [0.25, 0.3) is 11.1 Å².